The predicted molar refractivity (Wildman–Crippen MR) is 120 cm³/mol. The Kier molecular flexibility index (Phi) is 6.20. The lowest BCUT2D eigenvalue weighted by Gasteiger charge is -2.38. The van der Waals surface area contributed by atoms with Gasteiger partial charge in [0.25, 0.3) is 5.91 Å². The first-order valence-corrected chi connectivity index (χ1v) is 11.3. The molecule has 0 aromatic heterocycles. The van der Waals surface area contributed by atoms with Crippen LogP contribution in [0.15, 0.2) is 42.5 Å². The Bertz CT molecular complexity index is 1070. The van der Waals surface area contributed by atoms with Gasteiger partial charge in [-0.1, -0.05) is 0 Å². The molecule has 0 fully saturated rings. The Morgan fingerprint density at radius 3 is 2.35 bits per heavy atom. The van der Waals surface area contributed by atoms with Crippen LogP contribution in [-0.2, 0) is 10.2 Å². The Hall–Kier alpha value is -2.78. The van der Waals surface area contributed by atoms with Crippen molar-refractivity contribution in [3.63, 3.8) is 0 Å². The maximum atomic E-state index is 12.9. The number of methoxy groups -OCH3 is 1. The first-order valence-electron chi connectivity index (χ1n) is 9.89. The van der Waals surface area contributed by atoms with E-state index in [1.54, 1.807) is 31.4 Å². The van der Waals surface area contributed by atoms with E-state index in [1.807, 2.05) is 32.0 Å². The second-order valence-electron chi connectivity index (χ2n) is 8.30. The minimum atomic E-state index is -3.60. The Labute approximate surface area is 183 Å². The summed E-state index contributed by atoms with van der Waals surface area (Å²) in [6, 6.07) is 11.8. The highest BCUT2D eigenvalue weighted by Gasteiger charge is 2.35. The van der Waals surface area contributed by atoms with E-state index in [9.17, 15) is 13.2 Å². The molecule has 1 aliphatic rings. The van der Waals surface area contributed by atoms with Gasteiger partial charge >= 0.3 is 10.2 Å². The maximum Gasteiger partial charge on any atom is 0.303 e. The van der Waals surface area contributed by atoms with Crippen molar-refractivity contribution >= 4 is 21.8 Å². The van der Waals surface area contributed by atoms with Crippen LogP contribution >= 0.6 is 0 Å². The molecule has 1 amide bonds. The van der Waals surface area contributed by atoms with E-state index in [2.05, 4.69) is 5.32 Å². The third kappa shape index (κ3) is 4.77. The number of ether oxygens (including phenoxy) is 2. The molecule has 0 radical (unpaired) electrons. The fourth-order valence-corrected chi connectivity index (χ4v) is 4.41. The van der Waals surface area contributed by atoms with E-state index in [4.69, 9.17) is 9.47 Å². The summed E-state index contributed by atoms with van der Waals surface area (Å²) in [5.74, 6) is 1.13. The standard InChI is InChI=1S/C22H29N3O5S/c1-22(2)14-19(18-12-11-17(29-6)13-20(18)30-22)23-21(26)15-7-9-16(10-8-15)25(5)31(27,28)24(3)4/h7-13,19H,14H2,1-6H3,(H,23,26)/t19-/m0/s1. The molecule has 168 valence electrons. The quantitative estimate of drug-likeness (QED) is 0.736. The molecule has 1 N–H and O–H groups in total. The third-order valence-electron chi connectivity index (χ3n) is 5.28. The average molecular weight is 448 g/mol. The van der Waals surface area contributed by atoms with Crippen molar-refractivity contribution in [2.24, 2.45) is 0 Å². The summed E-state index contributed by atoms with van der Waals surface area (Å²) in [5.41, 5.74) is 1.35. The van der Waals surface area contributed by atoms with Crippen LogP contribution in [0.4, 0.5) is 5.69 Å². The summed E-state index contributed by atoms with van der Waals surface area (Å²) in [6.07, 6.45) is 0.611. The predicted octanol–water partition coefficient (Wildman–Crippen LogP) is 2.97. The molecular formula is C22H29N3O5S. The number of carbonyl (C=O) groups excluding carboxylic acids is 1. The van der Waals surface area contributed by atoms with Crippen LogP contribution in [0.3, 0.4) is 0 Å². The number of carbonyl (C=O) groups is 1. The summed E-state index contributed by atoms with van der Waals surface area (Å²) in [7, 11) is 2.41. The largest absolute Gasteiger partial charge is 0.497 e. The summed E-state index contributed by atoms with van der Waals surface area (Å²) in [5, 5.41) is 3.08. The minimum absolute atomic E-state index is 0.228. The zero-order valence-corrected chi connectivity index (χ0v) is 19.5. The van der Waals surface area contributed by atoms with E-state index >= 15 is 0 Å². The smallest absolute Gasteiger partial charge is 0.303 e. The zero-order chi connectivity index (χ0) is 23.0. The average Bonchev–Trinajstić information content (AvgIpc) is 2.71. The number of amides is 1. The molecule has 1 atom stereocenters. The van der Waals surface area contributed by atoms with Crippen molar-refractivity contribution in [3.8, 4) is 11.5 Å². The number of rotatable bonds is 6. The molecule has 0 saturated heterocycles. The van der Waals surface area contributed by atoms with Crippen molar-refractivity contribution in [1.29, 1.82) is 0 Å². The molecule has 2 aromatic carbocycles. The van der Waals surface area contributed by atoms with Crippen LogP contribution in [0, 0.1) is 0 Å². The van der Waals surface area contributed by atoms with E-state index in [0.717, 1.165) is 9.87 Å². The Morgan fingerprint density at radius 1 is 1.13 bits per heavy atom. The zero-order valence-electron chi connectivity index (χ0n) is 18.7. The number of nitrogens with one attached hydrogen (secondary N) is 1. The van der Waals surface area contributed by atoms with Gasteiger partial charge in [0, 0.05) is 44.8 Å². The summed E-state index contributed by atoms with van der Waals surface area (Å²) < 4.78 is 38.2. The van der Waals surface area contributed by atoms with Gasteiger partial charge in [-0.3, -0.25) is 9.10 Å². The van der Waals surface area contributed by atoms with Crippen LogP contribution in [0.2, 0.25) is 0 Å². The molecular weight excluding hydrogens is 418 g/mol. The van der Waals surface area contributed by atoms with Crippen LogP contribution in [0.25, 0.3) is 0 Å². The van der Waals surface area contributed by atoms with E-state index in [0.29, 0.717) is 29.2 Å². The van der Waals surface area contributed by atoms with Crippen LogP contribution in [0.1, 0.15) is 42.2 Å². The number of hydrogen-bond acceptors (Lipinski definition) is 5. The molecule has 8 nitrogen and oxygen atoms in total. The van der Waals surface area contributed by atoms with Crippen molar-refractivity contribution in [2.75, 3.05) is 32.6 Å². The molecule has 0 bridgehead atoms. The van der Waals surface area contributed by atoms with Gasteiger partial charge in [-0.15, -0.1) is 0 Å². The molecule has 0 spiro atoms. The first-order chi connectivity index (χ1) is 14.4. The lowest BCUT2D eigenvalue weighted by Crippen LogP contribution is -2.41. The van der Waals surface area contributed by atoms with Crippen LogP contribution in [0.5, 0.6) is 11.5 Å². The van der Waals surface area contributed by atoms with E-state index in [-0.39, 0.29) is 11.9 Å². The molecule has 2 aromatic rings. The highest BCUT2D eigenvalue weighted by atomic mass is 32.2. The molecule has 31 heavy (non-hydrogen) atoms. The van der Waals surface area contributed by atoms with Gasteiger partial charge in [0.15, 0.2) is 0 Å². The summed E-state index contributed by atoms with van der Waals surface area (Å²) in [4.78, 5) is 12.9. The minimum Gasteiger partial charge on any atom is -0.497 e. The van der Waals surface area contributed by atoms with Crippen molar-refractivity contribution < 1.29 is 22.7 Å². The SMILES string of the molecule is COc1ccc2c(c1)OC(C)(C)C[C@@H]2NC(=O)c1ccc(N(C)S(=O)(=O)N(C)C)cc1. The van der Waals surface area contributed by atoms with Crippen molar-refractivity contribution in [1.82, 2.24) is 9.62 Å². The number of anilines is 1. The highest BCUT2D eigenvalue weighted by molar-refractivity contribution is 7.90. The molecule has 0 unspecified atom stereocenters. The number of nitrogens with zero attached hydrogens (tertiary/aromatic N) is 2. The van der Waals surface area contributed by atoms with Crippen molar-refractivity contribution in [2.45, 2.75) is 31.9 Å². The molecule has 3 rings (SSSR count). The van der Waals surface area contributed by atoms with Crippen LogP contribution in [-0.4, -0.2) is 52.5 Å². The number of hydrogen-bond donors (Lipinski definition) is 1. The molecule has 9 heteroatoms. The first kappa shape index (κ1) is 22.9. The normalized spacial score (nSPS) is 17.5. The summed E-state index contributed by atoms with van der Waals surface area (Å²) in [6.45, 7) is 3.95. The Morgan fingerprint density at radius 2 is 1.77 bits per heavy atom. The molecule has 1 aliphatic heterocycles. The van der Waals surface area contributed by atoms with E-state index < -0.39 is 15.8 Å². The van der Waals surface area contributed by atoms with Gasteiger partial charge in [-0.25, -0.2) is 0 Å². The molecule has 0 aliphatic carbocycles. The van der Waals surface area contributed by atoms with Gasteiger partial charge in [-0.05, 0) is 50.2 Å². The topological polar surface area (TPSA) is 88.2 Å². The van der Waals surface area contributed by atoms with Gasteiger partial charge in [-0.2, -0.15) is 12.7 Å². The second kappa shape index (κ2) is 8.39. The fourth-order valence-electron chi connectivity index (χ4n) is 3.53. The second-order valence-corrected chi connectivity index (χ2v) is 10.5. The van der Waals surface area contributed by atoms with Gasteiger partial charge in [0.1, 0.15) is 17.1 Å². The number of benzene rings is 2. The van der Waals surface area contributed by atoms with Gasteiger partial charge in [0.2, 0.25) is 0 Å². The lowest BCUT2D eigenvalue weighted by molar-refractivity contribution is 0.0617. The van der Waals surface area contributed by atoms with E-state index in [1.165, 1.54) is 25.4 Å². The summed E-state index contributed by atoms with van der Waals surface area (Å²) >= 11 is 0. The number of fused-ring (bicyclic) bond motifs is 1. The molecule has 1 heterocycles. The van der Waals surface area contributed by atoms with Crippen LogP contribution < -0.4 is 19.1 Å². The molecule has 0 saturated carbocycles. The monoisotopic (exact) mass is 447 g/mol. The van der Waals surface area contributed by atoms with Gasteiger partial charge in [0.05, 0.1) is 18.8 Å². The van der Waals surface area contributed by atoms with Gasteiger partial charge < -0.3 is 14.8 Å². The lowest BCUT2D eigenvalue weighted by atomic mass is 9.89. The highest BCUT2D eigenvalue weighted by Crippen LogP contribution is 2.41. The fraction of sp³-hybridized carbons (Fsp3) is 0.409. The third-order valence-corrected chi connectivity index (χ3v) is 7.11. The van der Waals surface area contributed by atoms with Crippen molar-refractivity contribution in [3.05, 3.63) is 53.6 Å². The maximum absolute atomic E-state index is 12.9. The Balaban J connectivity index is 1.80.